The Hall–Kier alpha value is -1.74. The van der Waals surface area contributed by atoms with E-state index in [1.807, 2.05) is 6.07 Å². The summed E-state index contributed by atoms with van der Waals surface area (Å²) in [5, 5.41) is 10.8. The van der Waals surface area contributed by atoms with Gasteiger partial charge >= 0.3 is 0 Å². The standard InChI is InChI=1S/C23H32O3/c1-16-10-11-19-18(13-16)22-20(24)14-17(9-7-5-6-8-12-25-4)15-21(22)26-23(19,2)3/h5,7,10,14-15,18-19,24H,6,8-9,11-13H2,1-4H3/b7-5-/t18-,19-/m1/s1. The van der Waals surface area contributed by atoms with Gasteiger partial charge in [0.2, 0.25) is 0 Å². The Morgan fingerprint density at radius 2 is 2.12 bits per heavy atom. The predicted octanol–water partition coefficient (Wildman–Crippen LogP) is 5.53. The SMILES string of the molecule is COCCC/C=C\Cc1cc(O)c2c(c1)OC(C)(C)[C@@H]1CC=C(C)C[C@@H]21. The minimum Gasteiger partial charge on any atom is -0.508 e. The molecule has 0 fully saturated rings. The molecule has 0 bridgehead atoms. The lowest BCUT2D eigenvalue weighted by atomic mass is 9.67. The summed E-state index contributed by atoms with van der Waals surface area (Å²) < 4.78 is 11.4. The molecule has 3 rings (SSSR count). The summed E-state index contributed by atoms with van der Waals surface area (Å²) in [5.74, 6) is 2.02. The molecule has 1 aromatic rings. The largest absolute Gasteiger partial charge is 0.508 e. The van der Waals surface area contributed by atoms with Crippen LogP contribution in [0.3, 0.4) is 0 Å². The van der Waals surface area contributed by atoms with E-state index in [9.17, 15) is 5.11 Å². The minimum absolute atomic E-state index is 0.212. The second-order valence-electron chi connectivity index (χ2n) is 8.25. The van der Waals surface area contributed by atoms with Crippen LogP contribution in [0, 0.1) is 5.92 Å². The molecule has 3 heteroatoms. The molecule has 1 N–H and O–H groups in total. The number of phenols is 1. The Morgan fingerprint density at radius 3 is 2.88 bits per heavy atom. The Bertz CT molecular complexity index is 700. The number of allylic oxidation sites excluding steroid dienone is 4. The smallest absolute Gasteiger partial charge is 0.127 e. The maximum atomic E-state index is 10.8. The van der Waals surface area contributed by atoms with Gasteiger partial charge in [0.05, 0.1) is 0 Å². The Kier molecular flexibility index (Phi) is 5.76. The molecule has 2 atom stereocenters. The number of hydrogen-bond acceptors (Lipinski definition) is 3. The van der Waals surface area contributed by atoms with E-state index >= 15 is 0 Å². The second kappa shape index (κ2) is 7.87. The zero-order valence-corrected chi connectivity index (χ0v) is 16.5. The number of benzene rings is 1. The van der Waals surface area contributed by atoms with Crippen molar-refractivity contribution >= 4 is 0 Å². The van der Waals surface area contributed by atoms with Crippen LogP contribution in [0.4, 0.5) is 0 Å². The van der Waals surface area contributed by atoms with Gasteiger partial charge in [0.25, 0.3) is 0 Å². The van der Waals surface area contributed by atoms with Gasteiger partial charge in [-0.15, -0.1) is 0 Å². The molecule has 1 aliphatic heterocycles. The van der Waals surface area contributed by atoms with Crippen molar-refractivity contribution in [3.63, 3.8) is 0 Å². The van der Waals surface area contributed by atoms with Crippen molar-refractivity contribution in [3.8, 4) is 11.5 Å². The number of aromatic hydroxyl groups is 1. The average Bonchev–Trinajstić information content (AvgIpc) is 2.56. The van der Waals surface area contributed by atoms with Gasteiger partial charge in [0, 0.05) is 31.1 Å². The number of ether oxygens (including phenoxy) is 2. The van der Waals surface area contributed by atoms with Gasteiger partial charge in [-0.25, -0.2) is 0 Å². The van der Waals surface area contributed by atoms with Crippen LogP contribution in [0.15, 0.2) is 35.9 Å². The quantitative estimate of drug-likeness (QED) is 0.538. The first-order chi connectivity index (χ1) is 12.4. The average molecular weight is 357 g/mol. The third-order valence-electron chi connectivity index (χ3n) is 5.80. The van der Waals surface area contributed by atoms with Crippen LogP contribution in [-0.4, -0.2) is 24.4 Å². The van der Waals surface area contributed by atoms with Gasteiger partial charge < -0.3 is 14.6 Å². The van der Waals surface area contributed by atoms with Crippen molar-refractivity contribution in [2.75, 3.05) is 13.7 Å². The molecule has 2 aliphatic rings. The normalized spacial score (nSPS) is 23.9. The van der Waals surface area contributed by atoms with E-state index in [4.69, 9.17) is 9.47 Å². The molecular formula is C23H32O3. The summed E-state index contributed by atoms with van der Waals surface area (Å²) in [6.45, 7) is 7.35. The molecule has 0 amide bonds. The molecule has 0 saturated heterocycles. The fourth-order valence-electron chi connectivity index (χ4n) is 4.42. The topological polar surface area (TPSA) is 38.7 Å². The number of hydrogen-bond donors (Lipinski definition) is 1. The van der Waals surface area contributed by atoms with Gasteiger partial charge in [-0.1, -0.05) is 23.8 Å². The van der Waals surface area contributed by atoms with E-state index in [-0.39, 0.29) is 5.60 Å². The number of unbranched alkanes of at least 4 members (excludes halogenated alkanes) is 1. The predicted molar refractivity (Wildman–Crippen MR) is 106 cm³/mol. The molecule has 0 spiro atoms. The number of methoxy groups -OCH3 is 1. The zero-order chi connectivity index (χ0) is 18.7. The summed E-state index contributed by atoms with van der Waals surface area (Å²) in [5.41, 5.74) is 3.31. The highest BCUT2D eigenvalue weighted by atomic mass is 16.5. The highest BCUT2D eigenvalue weighted by molar-refractivity contribution is 5.53. The summed E-state index contributed by atoms with van der Waals surface area (Å²) in [6.07, 6.45) is 11.6. The fraction of sp³-hybridized carbons (Fsp3) is 0.565. The van der Waals surface area contributed by atoms with Crippen LogP contribution in [0.5, 0.6) is 11.5 Å². The number of phenolic OH excluding ortho intramolecular Hbond substituents is 1. The second-order valence-corrected chi connectivity index (χ2v) is 8.25. The summed E-state index contributed by atoms with van der Waals surface area (Å²) in [6, 6.07) is 4.05. The van der Waals surface area contributed by atoms with Gasteiger partial charge in [-0.2, -0.15) is 0 Å². The maximum absolute atomic E-state index is 10.8. The Balaban J connectivity index is 1.81. The first kappa shape index (κ1) is 19.0. The van der Waals surface area contributed by atoms with E-state index < -0.39 is 0 Å². The summed E-state index contributed by atoms with van der Waals surface area (Å²) in [4.78, 5) is 0. The van der Waals surface area contributed by atoms with Crippen molar-refractivity contribution in [2.45, 2.75) is 64.4 Å². The van der Waals surface area contributed by atoms with E-state index in [1.165, 1.54) is 5.57 Å². The van der Waals surface area contributed by atoms with Crippen molar-refractivity contribution in [1.29, 1.82) is 0 Å². The highest BCUT2D eigenvalue weighted by Gasteiger charge is 2.45. The van der Waals surface area contributed by atoms with Crippen molar-refractivity contribution in [1.82, 2.24) is 0 Å². The Labute approximate surface area is 157 Å². The summed E-state index contributed by atoms with van der Waals surface area (Å²) in [7, 11) is 1.73. The van der Waals surface area contributed by atoms with Gasteiger partial charge in [0.1, 0.15) is 17.1 Å². The van der Waals surface area contributed by atoms with Crippen LogP contribution in [0.2, 0.25) is 0 Å². The van der Waals surface area contributed by atoms with Crippen LogP contribution in [-0.2, 0) is 11.2 Å². The minimum atomic E-state index is -0.212. The van der Waals surface area contributed by atoms with Crippen LogP contribution in [0.25, 0.3) is 0 Å². The van der Waals surface area contributed by atoms with Crippen LogP contribution < -0.4 is 4.74 Å². The molecule has 1 aromatic carbocycles. The molecule has 0 radical (unpaired) electrons. The molecule has 3 nitrogen and oxygen atoms in total. The van der Waals surface area contributed by atoms with Gasteiger partial charge in [0.15, 0.2) is 0 Å². The van der Waals surface area contributed by atoms with Gasteiger partial charge in [-0.3, -0.25) is 0 Å². The molecule has 1 heterocycles. The first-order valence-corrected chi connectivity index (χ1v) is 9.76. The van der Waals surface area contributed by atoms with E-state index in [2.05, 4.69) is 45.1 Å². The molecule has 0 saturated carbocycles. The summed E-state index contributed by atoms with van der Waals surface area (Å²) >= 11 is 0. The zero-order valence-electron chi connectivity index (χ0n) is 16.5. The molecule has 0 unspecified atom stereocenters. The van der Waals surface area contributed by atoms with Crippen molar-refractivity contribution in [2.24, 2.45) is 5.92 Å². The molecule has 1 aliphatic carbocycles. The van der Waals surface area contributed by atoms with Crippen LogP contribution in [0.1, 0.15) is 63.5 Å². The first-order valence-electron chi connectivity index (χ1n) is 9.76. The lowest BCUT2D eigenvalue weighted by molar-refractivity contribution is 0.00754. The number of rotatable bonds is 6. The third-order valence-corrected chi connectivity index (χ3v) is 5.80. The van der Waals surface area contributed by atoms with Crippen molar-refractivity contribution < 1.29 is 14.6 Å². The molecule has 26 heavy (non-hydrogen) atoms. The lowest BCUT2D eigenvalue weighted by Gasteiger charge is -2.47. The molecule has 142 valence electrons. The third kappa shape index (κ3) is 3.98. The maximum Gasteiger partial charge on any atom is 0.127 e. The van der Waals surface area contributed by atoms with Crippen LogP contribution >= 0.6 is 0 Å². The Morgan fingerprint density at radius 1 is 1.31 bits per heavy atom. The monoisotopic (exact) mass is 356 g/mol. The lowest BCUT2D eigenvalue weighted by Crippen LogP contribution is -2.45. The van der Waals surface area contributed by atoms with Gasteiger partial charge in [-0.05, 0) is 70.6 Å². The van der Waals surface area contributed by atoms with E-state index in [0.717, 1.165) is 55.6 Å². The molecule has 0 aromatic heterocycles. The van der Waals surface area contributed by atoms with E-state index in [0.29, 0.717) is 17.6 Å². The highest BCUT2D eigenvalue weighted by Crippen LogP contribution is 2.54. The van der Waals surface area contributed by atoms with E-state index in [1.54, 1.807) is 7.11 Å². The van der Waals surface area contributed by atoms with Crippen molar-refractivity contribution in [3.05, 3.63) is 47.1 Å². The number of fused-ring (bicyclic) bond motifs is 3. The molecular weight excluding hydrogens is 324 g/mol. The fourth-order valence-corrected chi connectivity index (χ4v) is 4.42.